The van der Waals surface area contributed by atoms with E-state index < -0.39 is 5.78 Å². The number of allylic oxidation sites excluding steroid dienone is 1. The molecule has 0 saturated carbocycles. The van der Waals surface area contributed by atoms with Crippen LogP contribution >= 0.6 is 11.6 Å². The first-order valence-electron chi connectivity index (χ1n) is 5.70. The second-order valence-electron chi connectivity index (χ2n) is 4.10. The third kappa shape index (κ3) is 3.10. The SMILES string of the molecule is O=C(/C=C/c1ccc(O)cc1O)c1cc(Cl)ccc1O. The molecule has 0 saturated heterocycles. The average molecular weight is 291 g/mol. The van der Waals surface area contributed by atoms with E-state index in [1.165, 1.54) is 48.6 Å². The molecule has 0 unspecified atom stereocenters. The highest BCUT2D eigenvalue weighted by molar-refractivity contribution is 6.31. The molecule has 4 nitrogen and oxygen atoms in total. The normalized spacial score (nSPS) is 10.8. The van der Waals surface area contributed by atoms with Gasteiger partial charge in [-0.2, -0.15) is 0 Å². The Labute approximate surface area is 120 Å². The maximum absolute atomic E-state index is 11.9. The van der Waals surface area contributed by atoms with Gasteiger partial charge in [0.25, 0.3) is 0 Å². The summed E-state index contributed by atoms with van der Waals surface area (Å²) in [5.74, 6) is -0.834. The van der Waals surface area contributed by atoms with E-state index in [-0.39, 0.29) is 22.8 Å². The third-order valence-electron chi connectivity index (χ3n) is 2.65. The average Bonchev–Trinajstić information content (AvgIpc) is 2.40. The van der Waals surface area contributed by atoms with Crippen molar-refractivity contribution in [2.24, 2.45) is 0 Å². The summed E-state index contributed by atoms with van der Waals surface area (Å²) < 4.78 is 0. The number of phenols is 3. The number of carbonyl (C=O) groups is 1. The molecule has 0 aliphatic rings. The van der Waals surface area contributed by atoms with E-state index in [1.54, 1.807) is 0 Å². The Morgan fingerprint density at radius 2 is 1.75 bits per heavy atom. The summed E-state index contributed by atoms with van der Waals surface area (Å²) in [6.45, 7) is 0. The van der Waals surface area contributed by atoms with E-state index >= 15 is 0 Å². The zero-order valence-corrected chi connectivity index (χ0v) is 11.0. The van der Waals surface area contributed by atoms with Crippen molar-refractivity contribution in [1.82, 2.24) is 0 Å². The van der Waals surface area contributed by atoms with Crippen molar-refractivity contribution in [2.75, 3.05) is 0 Å². The maximum Gasteiger partial charge on any atom is 0.189 e. The van der Waals surface area contributed by atoms with Gasteiger partial charge in [0.1, 0.15) is 17.2 Å². The van der Waals surface area contributed by atoms with Crippen LogP contribution in [0.3, 0.4) is 0 Å². The lowest BCUT2D eigenvalue weighted by Crippen LogP contribution is -1.94. The van der Waals surface area contributed by atoms with Gasteiger partial charge in [0.05, 0.1) is 5.56 Å². The smallest absolute Gasteiger partial charge is 0.189 e. The van der Waals surface area contributed by atoms with E-state index in [9.17, 15) is 15.0 Å². The maximum atomic E-state index is 11.9. The van der Waals surface area contributed by atoms with Gasteiger partial charge >= 0.3 is 0 Å². The van der Waals surface area contributed by atoms with Crippen molar-refractivity contribution < 1.29 is 20.1 Å². The van der Waals surface area contributed by atoms with Crippen LogP contribution in [0.1, 0.15) is 15.9 Å². The first-order valence-corrected chi connectivity index (χ1v) is 6.08. The summed E-state index contributed by atoms with van der Waals surface area (Å²) in [4.78, 5) is 11.9. The number of carbonyl (C=O) groups excluding carboxylic acids is 1. The fraction of sp³-hybridized carbons (Fsp3) is 0. The van der Waals surface area contributed by atoms with Crippen LogP contribution in [0.5, 0.6) is 17.2 Å². The van der Waals surface area contributed by atoms with Crippen molar-refractivity contribution >= 4 is 23.5 Å². The lowest BCUT2D eigenvalue weighted by atomic mass is 10.1. The van der Waals surface area contributed by atoms with Crippen LogP contribution in [0.25, 0.3) is 6.08 Å². The van der Waals surface area contributed by atoms with Gasteiger partial charge in [0.2, 0.25) is 0 Å². The highest BCUT2D eigenvalue weighted by Crippen LogP contribution is 2.25. The van der Waals surface area contributed by atoms with Crippen LogP contribution in [0.2, 0.25) is 5.02 Å². The van der Waals surface area contributed by atoms with E-state index in [0.717, 1.165) is 0 Å². The Bertz CT molecular complexity index is 692. The molecule has 20 heavy (non-hydrogen) atoms. The molecule has 2 aromatic rings. The first kappa shape index (κ1) is 14.0. The third-order valence-corrected chi connectivity index (χ3v) is 2.89. The van der Waals surface area contributed by atoms with Gasteiger partial charge in [0.15, 0.2) is 5.78 Å². The largest absolute Gasteiger partial charge is 0.508 e. The monoisotopic (exact) mass is 290 g/mol. The van der Waals surface area contributed by atoms with E-state index in [0.29, 0.717) is 10.6 Å². The van der Waals surface area contributed by atoms with Crippen LogP contribution in [0.15, 0.2) is 42.5 Å². The molecular formula is C15H11ClO4. The van der Waals surface area contributed by atoms with Gasteiger partial charge in [0, 0.05) is 16.7 Å². The van der Waals surface area contributed by atoms with Crippen molar-refractivity contribution in [3.63, 3.8) is 0 Å². The summed E-state index contributed by atoms with van der Waals surface area (Å²) >= 11 is 5.77. The molecule has 2 aromatic carbocycles. The molecule has 2 rings (SSSR count). The number of hydrogen-bond donors (Lipinski definition) is 3. The zero-order chi connectivity index (χ0) is 14.7. The fourth-order valence-corrected chi connectivity index (χ4v) is 1.81. The van der Waals surface area contributed by atoms with Crippen LogP contribution in [0.4, 0.5) is 0 Å². The molecule has 0 fully saturated rings. The predicted octanol–water partition coefficient (Wildman–Crippen LogP) is 3.35. The molecule has 0 bridgehead atoms. The van der Waals surface area contributed by atoms with Crippen molar-refractivity contribution in [3.8, 4) is 17.2 Å². The lowest BCUT2D eigenvalue weighted by molar-refractivity contribution is 0.104. The Kier molecular flexibility index (Phi) is 3.96. The number of rotatable bonds is 3. The van der Waals surface area contributed by atoms with Gasteiger partial charge in [-0.15, -0.1) is 0 Å². The highest BCUT2D eigenvalue weighted by atomic mass is 35.5. The number of benzene rings is 2. The second-order valence-corrected chi connectivity index (χ2v) is 4.54. The van der Waals surface area contributed by atoms with Gasteiger partial charge in [-0.3, -0.25) is 4.79 Å². The first-order chi connectivity index (χ1) is 9.47. The molecule has 0 radical (unpaired) electrons. The minimum absolute atomic E-state index is 0.0709. The molecule has 0 aliphatic heterocycles. The molecule has 0 atom stereocenters. The standard InChI is InChI=1S/C15H11ClO4/c16-10-3-6-14(19)12(7-10)13(18)5-2-9-1-4-11(17)8-15(9)20/h1-8,17,19-20H/b5-2+. The summed E-state index contributed by atoms with van der Waals surface area (Å²) in [5, 5.41) is 28.7. The molecule has 0 amide bonds. The minimum Gasteiger partial charge on any atom is -0.508 e. The minimum atomic E-state index is -0.447. The van der Waals surface area contributed by atoms with Crippen LogP contribution < -0.4 is 0 Å². The van der Waals surface area contributed by atoms with Crippen LogP contribution in [0, 0.1) is 0 Å². The molecule has 0 aliphatic carbocycles. The zero-order valence-electron chi connectivity index (χ0n) is 10.2. The number of aromatic hydroxyl groups is 3. The molecule has 5 heteroatoms. The van der Waals surface area contributed by atoms with Crippen LogP contribution in [-0.4, -0.2) is 21.1 Å². The summed E-state index contributed by atoms with van der Waals surface area (Å²) in [7, 11) is 0. The lowest BCUT2D eigenvalue weighted by Gasteiger charge is -2.02. The van der Waals surface area contributed by atoms with Gasteiger partial charge < -0.3 is 15.3 Å². The van der Waals surface area contributed by atoms with Crippen LogP contribution in [-0.2, 0) is 0 Å². The molecule has 0 spiro atoms. The number of halogens is 1. The molecule has 0 heterocycles. The van der Waals surface area contributed by atoms with Crippen molar-refractivity contribution in [2.45, 2.75) is 0 Å². The van der Waals surface area contributed by atoms with Gasteiger partial charge in [-0.1, -0.05) is 11.6 Å². The summed E-state index contributed by atoms with van der Waals surface area (Å²) in [5.41, 5.74) is 0.449. The molecule has 3 N–H and O–H groups in total. The van der Waals surface area contributed by atoms with E-state index in [1.807, 2.05) is 0 Å². The molecular weight excluding hydrogens is 280 g/mol. The fourth-order valence-electron chi connectivity index (χ4n) is 1.63. The Hall–Kier alpha value is -2.46. The number of ketones is 1. The van der Waals surface area contributed by atoms with Crippen molar-refractivity contribution in [1.29, 1.82) is 0 Å². The Balaban J connectivity index is 2.27. The molecule has 102 valence electrons. The van der Waals surface area contributed by atoms with Gasteiger partial charge in [-0.05, 0) is 42.5 Å². The highest BCUT2D eigenvalue weighted by Gasteiger charge is 2.09. The van der Waals surface area contributed by atoms with E-state index in [2.05, 4.69) is 0 Å². The number of hydrogen-bond acceptors (Lipinski definition) is 4. The quantitative estimate of drug-likeness (QED) is 0.598. The van der Waals surface area contributed by atoms with Crippen molar-refractivity contribution in [3.05, 3.63) is 58.6 Å². The second kappa shape index (κ2) is 5.67. The Morgan fingerprint density at radius 3 is 2.45 bits per heavy atom. The van der Waals surface area contributed by atoms with Gasteiger partial charge in [-0.25, -0.2) is 0 Å². The Morgan fingerprint density at radius 1 is 1.00 bits per heavy atom. The number of phenolic OH excluding ortho intramolecular Hbond substituents is 3. The topological polar surface area (TPSA) is 77.8 Å². The summed E-state index contributed by atoms with van der Waals surface area (Å²) in [6.07, 6.45) is 2.59. The van der Waals surface area contributed by atoms with E-state index in [4.69, 9.17) is 16.7 Å². The molecule has 0 aromatic heterocycles. The predicted molar refractivity (Wildman–Crippen MR) is 76.3 cm³/mol. The summed E-state index contributed by atoms with van der Waals surface area (Å²) in [6, 6.07) is 8.19.